The first-order chi connectivity index (χ1) is 17.6. The molecular formula is C26H30F3N5O3. The van der Waals surface area contributed by atoms with Crippen LogP contribution in [0.5, 0.6) is 0 Å². The van der Waals surface area contributed by atoms with Crippen LogP contribution in [0.4, 0.5) is 24.5 Å². The molecular weight excluding hydrogens is 487 g/mol. The number of aryl methyl sites for hydroxylation is 1. The van der Waals surface area contributed by atoms with Gasteiger partial charge in [-0.2, -0.15) is 13.2 Å². The van der Waals surface area contributed by atoms with Crippen LogP contribution in [-0.2, 0) is 20.6 Å². The molecule has 2 N–H and O–H groups in total. The molecule has 1 atom stereocenters. The van der Waals surface area contributed by atoms with E-state index in [1.807, 2.05) is 34.9 Å². The van der Waals surface area contributed by atoms with E-state index < -0.39 is 17.8 Å². The summed E-state index contributed by atoms with van der Waals surface area (Å²) in [6, 6.07) is 11.6. The zero-order chi connectivity index (χ0) is 26.6. The number of hydrogen-bond donors (Lipinski definition) is 2. The molecule has 2 heterocycles. The van der Waals surface area contributed by atoms with Crippen LogP contribution in [0.15, 0.2) is 48.5 Å². The first kappa shape index (κ1) is 26.5. The predicted molar refractivity (Wildman–Crippen MR) is 133 cm³/mol. The van der Waals surface area contributed by atoms with Gasteiger partial charge in [-0.25, -0.2) is 0 Å². The second kappa shape index (κ2) is 11.2. The molecule has 0 aliphatic carbocycles. The fraction of sp³-hybridized carbons (Fsp3) is 0.423. The van der Waals surface area contributed by atoms with Gasteiger partial charge in [0.15, 0.2) is 0 Å². The van der Waals surface area contributed by atoms with Gasteiger partial charge >= 0.3 is 6.18 Å². The van der Waals surface area contributed by atoms with Crippen LogP contribution >= 0.6 is 0 Å². The van der Waals surface area contributed by atoms with Crippen molar-refractivity contribution in [2.75, 3.05) is 56.0 Å². The number of alkyl halides is 3. The minimum absolute atomic E-state index is 0.0692. The average Bonchev–Trinajstić information content (AvgIpc) is 2.85. The van der Waals surface area contributed by atoms with Crippen molar-refractivity contribution in [2.45, 2.75) is 25.6 Å². The van der Waals surface area contributed by atoms with Gasteiger partial charge in [0, 0.05) is 50.6 Å². The monoisotopic (exact) mass is 517 g/mol. The zero-order valence-corrected chi connectivity index (χ0v) is 20.6. The lowest BCUT2D eigenvalue weighted by molar-refractivity contribution is -0.145. The van der Waals surface area contributed by atoms with Crippen molar-refractivity contribution in [1.29, 1.82) is 0 Å². The topological polar surface area (TPSA) is 85.0 Å². The fourth-order valence-corrected chi connectivity index (χ4v) is 4.65. The highest BCUT2D eigenvalue weighted by atomic mass is 19.4. The van der Waals surface area contributed by atoms with Crippen LogP contribution in [0, 0.1) is 6.92 Å². The normalized spacial score (nSPS) is 18.9. The molecule has 2 fully saturated rings. The Kier molecular flexibility index (Phi) is 8.01. The van der Waals surface area contributed by atoms with Gasteiger partial charge in [0.25, 0.3) is 0 Å². The van der Waals surface area contributed by atoms with Gasteiger partial charge in [0.2, 0.25) is 17.7 Å². The van der Waals surface area contributed by atoms with E-state index in [9.17, 15) is 27.6 Å². The molecule has 3 amide bonds. The van der Waals surface area contributed by atoms with Crippen molar-refractivity contribution in [2.24, 2.45) is 0 Å². The molecule has 8 nitrogen and oxygen atoms in total. The Labute approximate surface area is 213 Å². The van der Waals surface area contributed by atoms with Crippen molar-refractivity contribution in [3.05, 3.63) is 59.7 Å². The number of benzene rings is 2. The summed E-state index contributed by atoms with van der Waals surface area (Å²) in [6.45, 7) is 4.50. The van der Waals surface area contributed by atoms with Gasteiger partial charge in [-0.05, 0) is 42.8 Å². The average molecular weight is 518 g/mol. The Morgan fingerprint density at radius 3 is 2.46 bits per heavy atom. The Balaban J connectivity index is 1.33. The maximum absolute atomic E-state index is 13.1. The number of halogens is 3. The number of hydrogen-bond acceptors (Lipinski definition) is 5. The van der Waals surface area contributed by atoms with E-state index >= 15 is 0 Å². The summed E-state index contributed by atoms with van der Waals surface area (Å²) in [4.78, 5) is 43.6. The summed E-state index contributed by atoms with van der Waals surface area (Å²) in [7, 11) is 0. The van der Waals surface area contributed by atoms with E-state index in [2.05, 4.69) is 10.6 Å². The smallest absolute Gasteiger partial charge is 0.369 e. The molecule has 4 rings (SSSR count). The minimum atomic E-state index is -4.40. The van der Waals surface area contributed by atoms with Crippen molar-refractivity contribution >= 4 is 29.1 Å². The van der Waals surface area contributed by atoms with Crippen molar-refractivity contribution in [1.82, 2.24) is 15.1 Å². The lowest BCUT2D eigenvalue weighted by Crippen LogP contribution is -2.60. The van der Waals surface area contributed by atoms with Crippen LogP contribution in [0.1, 0.15) is 17.5 Å². The van der Waals surface area contributed by atoms with Crippen molar-refractivity contribution < 1.29 is 27.6 Å². The Hall–Kier alpha value is -3.60. The highest BCUT2D eigenvalue weighted by Gasteiger charge is 2.36. The summed E-state index contributed by atoms with van der Waals surface area (Å²) in [5, 5.41) is 5.51. The van der Waals surface area contributed by atoms with E-state index in [1.54, 1.807) is 12.1 Å². The summed E-state index contributed by atoms with van der Waals surface area (Å²) >= 11 is 0. The molecule has 0 saturated carbocycles. The Morgan fingerprint density at radius 1 is 1.03 bits per heavy atom. The molecule has 0 aromatic heterocycles. The SMILES string of the molecule is Cc1cccc(NC(=O)C[C@@H]2C(=O)NCCN2C(=O)CN2CCN(c3cccc(C(F)(F)F)c3)CC2)c1. The number of piperazine rings is 2. The second-order valence-electron chi connectivity index (χ2n) is 9.33. The molecule has 2 aliphatic rings. The van der Waals surface area contributed by atoms with Crippen LogP contribution in [0.3, 0.4) is 0 Å². The van der Waals surface area contributed by atoms with E-state index in [-0.39, 0.29) is 30.7 Å². The summed E-state index contributed by atoms with van der Waals surface area (Å²) in [6.07, 6.45) is -4.56. The molecule has 198 valence electrons. The standard InChI is InChI=1S/C26H30F3N5O3/c1-18-4-2-6-20(14-18)31-23(35)16-22-25(37)30-8-9-34(22)24(36)17-32-10-12-33(13-11-32)21-7-3-5-19(15-21)26(27,28)29/h2-7,14-15,22H,8-13,16-17H2,1H3,(H,30,37)(H,31,35)/t22-/m1/s1. The van der Waals surface area contributed by atoms with Crippen molar-refractivity contribution in [3.63, 3.8) is 0 Å². The molecule has 0 bridgehead atoms. The van der Waals surface area contributed by atoms with Gasteiger partial charge in [-0.3, -0.25) is 19.3 Å². The molecule has 2 aliphatic heterocycles. The van der Waals surface area contributed by atoms with E-state index in [1.165, 1.54) is 11.0 Å². The van der Waals surface area contributed by atoms with Gasteiger partial charge in [0.1, 0.15) is 6.04 Å². The summed E-state index contributed by atoms with van der Waals surface area (Å²) < 4.78 is 39.2. The first-order valence-electron chi connectivity index (χ1n) is 12.2. The number of carbonyl (C=O) groups excluding carboxylic acids is 3. The summed E-state index contributed by atoms with van der Waals surface area (Å²) in [5.41, 5.74) is 1.41. The third-order valence-electron chi connectivity index (χ3n) is 6.60. The lowest BCUT2D eigenvalue weighted by atomic mass is 10.1. The van der Waals surface area contributed by atoms with Crippen molar-refractivity contribution in [3.8, 4) is 0 Å². The predicted octanol–water partition coefficient (Wildman–Crippen LogP) is 2.49. The van der Waals surface area contributed by atoms with Gasteiger partial charge in [-0.15, -0.1) is 0 Å². The highest BCUT2D eigenvalue weighted by molar-refractivity contribution is 5.97. The quantitative estimate of drug-likeness (QED) is 0.615. The fourth-order valence-electron chi connectivity index (χ4n) is 4.65. The number of anilines is 2. The third kappa shape index (κ3) is 6.79. The molecule has 2 saturated heterocycles. The molecule has 2 aromatic carbocycles. The first-order valence-corrected chi connectivity index (χ1v) is 12.2. The van der Waals surface area contributed by atoms with E-state index in [0.29, 0.717) is 50.6 Å². The number of nitrogens with one attached hydrogen (secondary N) is 2. The maximum atomic E-state index is 13.1. The molecule has 0 spiro atoms. The molecule has 37 heavy (non-hydrogen) atoms. The van der Waals surface area contributed by atoms with Gasteiger partial charge < -0.3 is 20.4 Å². The van der Waals surface area contributed by atoms with E-state index in [0.717, 1.165) is 17.7 Å². The Bertz CT molecular complexity index is 1150. The number of nitrogens with zero attached hydrogens (tertiary/aromatic N) is 3. The highest BCUT2D eigenvalue weighted by Crippen LogP contribution is 2.32. The van der Waals surface area contributed by atoms with Gasteiger partial charge in [0.05, 0.1) is 18.5 Å². The Morgan fingerprint density at radius 2 is 1.76 bits per heavy atom. The number of carbonyl (C=O) groups is 3. The van der Waals surface area contributed by atoms with Crippen LogP contribution in [0.2, 0.25) is 0 Å². The van der Waals surface area contributed by atoms with E-state index in [4.69, 9.17) is 0 Å². The number of rotatable bonds is 6. The maximum Gasteiger partial charge on any atom is 0.416 e. The number of amides is 3. The minimum Gasteiger partial charge on any atom is -0.369 e. The third-order valence-corrected chi connectivity index (χ3v) is 6.60. The van der Waals surface area contributed by atoms with Crippen LogP contribution in [0.25, 0.3) is 0 Å². The molecule has 0 radical (unpaired) electrons. The van der Waals surface area contributed by atoms with Crippen LogP contribution in [-0.4, -0.2) is 79.4 Å². The molecule has 2 aromatic rings. The molecule has 0 unspecified atom stereocenters. The van der Waals surface area contributed by atoms with Crippen LogP contribution < -0.4 is 15.5 Å². The largest absolute Gasteiger partial charge is 0.416 e. The summed E-state index contributed by atoms with van der Waals surface area (Å²) in [5.74, 6) is -0.982. The second-order valence-corrected chi connectivity index (χ2v) is 9.33. The molecule has 11 heteroatoms. The lowest BCUT2D eigenvalue weighted by Gasteiger charge is -2.39. The zero-order valence-electron chi connectivity index (χ0n) is 20.6. The van der Waals surface area contributed by atoms with Gasteiger partial charge in [-0.1, -0.05) is 18.2 Å².